The molecule has 1 aliphatic rings. The first-order valence-corrected chi connectivity index (χ1v) is 6.28. The van der Waals surface area contributed by atoms with Gasteiger partial charge in [-0.1, -0.05) is 11.6 Å². The molecule has 0 N–H and O–H groups in total. The zero-order valence-electron chi connectivity index (χ0n) is 10.1. The van der Waals surface area contributed by atoms with Crippen LogP contribution in [-0.2, 0) is 9.47 Å². The number of hydrogen-bond acceptors (Lipinski definition) is 5. The minimum absolute atomic E-state index is 0.114. The van der Waals surface area contributed by atoms with Crippen LogP contribution in [0.1, 0.15) is 36.2 Å². The highest BCUT2D eigenvalue weighted by molar-refractivity contribution is 6.29. The van der Waals surface area contributed by atoms with Crippen LogP contribution < -0.4 is 0 Å². The third-order valence-corrected chi connectivity index (χ3v) is 3.18. The second kappa shape index (κ2) is 6.11. The Morgan fingerprint density at radius 3 is 2.89 bits per heavy atom. The average Bonchev–Trinajstić information content (AvgIpc) is 2.39. The molecular weight excluding hydrogens is 256 g/mol. The average molecular weight is 271 g/mol. The topological polar surface area (TPSA) is 61.3 Å². The number of rotatable bonds is 3. The van der Waals surface area contributed by atoms with Gasteiger partial charge in [0, 0.05) is 13.5 Å². The quantitative estimate of drug-likeness (QED) is 0.789. The van der Waals surface area contributed by atoms with Crippen LogP contribution in [0, 0.1) is 0 Å². The first kappa shape index (κ1) is 13.2. The molecule has 98 valence electrons. The fourth-order valence-electron chi connectivity index (χ4n) is 2.08. The molecule has 1 saturated carbocycles. The van der Waals surface area contributed by atoms with Crippen molar-refractivity contribution in [2.45, 2.75) is 37.9 Å². The van der Waals surface area contributed by atoms with Gasteiger partial charge in [-0.3, -0.25) is 4.98 Å². The van der Waals surface area contributed by atoms with Crippen molar-refractivity contribution in [3.8, 4) is 0 Å². The third-order valence-electron chi connectivity index (χ3n) is 3.00. The summed E-state index contributed by atoms with van der Waals surface area (Å²) in [5, 5.41) is 0.183. The molecule has 2 unspecified atom stereocenters. The van der Waals surface area contributed by atoms with Crippen molar-refractivity contribution in [3.05, 3.63) is 23.2 Å². The molecule has 1 heterocycles. The lowest BCUT2D eigenvalue weighted by atomic mass is 9.95. The first-order chi connectivity index (χ1) is 8.69. The van der Waals surface area contributed by atoms with Crippen LogP contribution in [0.5, 0.6) is 0 Å². The van der Waals surface area contributed by atoms with Gasteiger partial charge in [0.2, 0.25) is 0 Å². The molecule has 0 aliphatic heterocycles. The summed E-state index contributed by atoms with van der Waals surface area (Å²) in [6.45, 7) is 0. The van der Waals surface area contributed by atoms with Gasteiger partial charge in [0.1, 0.15) is 11.3 Å². The number of carbonyl (C=O) groups excluding carboxylic acids is 1. The van der Waals surface area contributed by atoms with Gasteiger partial charge in [-0.05, 0) is 19.3 Å². The summed E-state index contributed by atoms with van der Waals surface area (Å²) in [5.41, 5.74) is 0.141. The zero-order chi connectivity index (χ0) is 13.0. The molecule has 0 spiro atoms. The molecule has 0 bridgehead atoms. The highest BCUT2D eigenvalue weighted by Gasteiger charge is 2.25. The van der Waals surface area contributed by atoms with Crippen LogP contribution in [-0.4, -0.2) is 35.3 Å². The molecule has 6 heteroatoms. The summed E-state index contributed by atoms with van der Waals surface area (Å²) in [7, 11) is 1.68. The van der Waals surface area contributed by atoms with E-state index in [4.69, 9.17) is 21.1 Å². The Balaban J connectivity index is 1.95. The van der Waals surface area contributed by atoms with Crippen molar-refractivity contribution in [2.24, 2.45) is 0 Å². The summed E-state index contributed by atoms with van der Waals surface area (Å²) < 4.78 is 10.7. The molecule has 1 fully saturated rings. The second-order valence-electron chi connectivity index (χ2n) is 4.28. The van der Waals surface area contributed by atoms with E-state index < -0.39 is 5.97 Å². The van der Waals surface area contributed by atoms with Crippen LogP contribution in [0.15, 0.2) is 12.4 Å². The number of carbonyl (C=O) groups is 1. The predicted octanol–water partition coefficient (Wildman–Crippen LogP) is 2.24. The Morgan fingerprint density at radius 1 is 1.39 bits per heavy atom. The van der Waals surface area contributed by atoms with E-state index in [2.05, 4.69) is 9.97 Å². The van der Waals surface area contributed by atoms with Gasteiger partial charge in [0.25, 0.3) is 0 Å². The maximum absolute atomic E-state index is 11.8. The molecule has 1 aliphatic carbocycles. The van der Waals surface area contributed by atoms with E-state index in [1.165, 1.54) is 12.4 Å². The van der Waals surface area contributed by atoms with E-state index >= 15 is 0 Å². The van der Waals surface area contributed by atoms with Gasteiger partial charge < -0.3 is 9.47 Å². The number of nitrogens with zero attached hydrogens (tertiary/aromatic N) is 2. The molecular formula is C12H15ClN2O3. The Labute approximate surface area is 110 Å². The lowest BCUT2D eigenvalue weighted by Gasteiger charge is -2.27. The molecule has 2 rings (SSSR count). The van der Waals surface area contributed by atoms with E-state index in [0.717, 1.165) is 25.7 Å². The Hall–Kier alpha value is -1.20. The molecule has 1 aromatic rings. The molecule has 2 atom stereocenters. The maximum atomic E-state index is 11.8. The Kier molecular flexibility index (Phi) is 4.49. The van der Waals surface area contributed by atoms with E-state index in [1.807, 2.05) is 0 Å². The van der Waals surface area contributed by atoms with Gasteiger partial charge in [-0.25, -0.2) is 9.78 Å². The highest BCUT2D eigenvalue weighted by Crippen LogP contribution is 2.23. The third kappa shape index (κ3) is 3.40. The normalized spacial score (nSPS) is 23.7. The Morgan fingerprint density at radius 2 is 2.17 bits per heavy atom. The van der Waals surface area contributed by atoms with Crippen molar-refractivity contribution in [2.75, 3.05) is 7.11 Å². The number of halogens is 1. The monoisotopic (exact) mass is 270 g/mol. The fourth-order valence-corrected chi connectivity index (χ4v) is 2.22. The van der Waals surface area contributed by atoms with Crippen LogP contribution in [0.3, 0.4) is 0 Å². The molecule has 0 saturated heterocycles. The second-order valence-corrected chi connectivity index (χ2v) is 4.67. The smallest absolute Gasteiger partial charge is 0.358 e. The van der Waals surface area contributed by atoms with Gasteiger partial charge >= 0.3 is 5.97 Å². The zero-order valence-corrected chi connectivity index (χ0v) is 10.9. The van der Waals surface area contributed by atoms with E-state index in [1.54, 1.807) is 7.11 Å². The van der Waals surface area contributed by atoms with Crippen LogP contribution in [0.25, 0.3) is 0 Å². The van der Waals surface area contributed by atoms with Crippen molar-refractivity contribution in [1.29, 1.82) is 0 Å². The van der Waals surface area contributed by atoms with E-state index in [9.17, 15) is 4.79 Å². The van der Waals surface area contributed by atoms with Gasteiger partial charge in [0.15, 0.2) is 5.69 Å². The highest BCUT2D eigenvalue weighted by atomic mass is 35.5. The van der Waals surface area contributed by atoms with Crippen molar-refractivity contribution < 1.29 is 14.3 Å². The van der Waals surface area contributed by atoms with Crippen LogP contribution in [0.4, 0.5) is 0 Å². The summed E-state index contributed by atoms with van der Waals surface area (Å²) in [6, 6.07) is 0. The molecule has 5 nitrogen and oxygen atoms in total. The van der Waals surface area contributed by atoms with Crippen molar-refractivity contribution in [1.82, 2.24) is 9.97 Å². The van der Waals surface area contributed by atoms with E-state index in [0.29, 0.717) is 0 Å². The number of hydrogen-bond donors (Lipinski definition) is 0. The minimum atomic E-state index is -0.480. The summed E-state index contributed by atoms with van der Waals surface area (Å²) in [4.78, 5) is 19.5. The SMILES string of the molecule is COC1CCCC(OC(=O)c2cncc(Cl)n2)C1. The largest absolute Gasteiger partial charge is 0.458 e. The van der Waals surface area contributed by atoms with Crippen molar-refractivity contribution in [3.63, 3.8) is 0 Å². The number of esters is 1. The molecule has 0 aromatic carbocycles. The standard InChI is InChI=1S/C12H15ClN2O3/c1-17-8-3-2-4-9(5-8)18-12(16)10-6-14-7-11(13)15-10/h6-9H,2-5H2,1H3. The van der Waals surface area contributed by atoms with Gasteiger partial charge in [0.05, 0.1) is 18.5 Å². The van der Waals surface area contributed by atoms with Crippen LogP contribution >= 0.6 is 11.6 Å². The molecule has 1 aromatic heterocycles. The fraction of sp³-hybridized carbons (Fsp3) is 0.583. The van der Waals surface area contributed by atoms with Gasteiger partial charge in [-0.2, -0.15) is 0 Å². The maximum Gasteiger partial charge on any atom is 0.358 e. The minimum Gasteiger partial charge on any atom is -0.458 e. The first-order valence-electron chi connectivity index (χ1n) is 5.90. The van der Waals surface area contributed by atoms with Crippen LogP contribution in [0.2, 0.25) is 5.15 Å². The molecule has 18 heavy (non-hydrogen) atoms. The Bertz CT molecular complexity index is 428. The summed E-state index contributed by atoms with van der Waals surface area (Å²) in [6.07, 6.45) is 6.39. The van der Waals surface area contributed by atoms with E-state index in [-0.39, 0.29) is 23.1 Å². The molecule has 0 amide bonds. The number of aromatic nitrogens is 2. The molecule has 0 radical (unpaired) electrons. The lowest BCUT2D eigenvalue weighted by Crippen LogP contribution is -2.29. The predicted molar refractivity (Wildman–Crippen MR) is 65.5 cm³/mol. The summed E-state index contributed by atoms with van der Waals surface area (Å²) in [5.74, 6) is -0.480. The van der Waals surface area contributed by atoms with Crippen molar-refractivity contribution >= 4 is 17.6 Å². The lowest BCUT2D eigenvalue weighted by molar-refractivity contribution is -0.0153. The van der Waals surface area contributed by atoms with Gasteiger partial charge in [-0.15, -0.1) is 0 Å². The summed E-state index contributed by atoms with van der Waals surface area (Å²) >= 11 is 5.68. The number of ether oxygens (including phenoxy) is 2. The number of methoxy groups -OCH3 is 1.